The van der Waals surface area contributed by atoms with Gasteiger partial charge in [0.25, 0.3) is 0 Å². The van der Waals surface area contributed by atoms with E-state index in [0.29, 0.717) is 43.9 Å². The van der Waals surface area contributed by atoms with E-state index in [1.807, 2.05) is 0 Å². The Morgan fingerprint density at radius 1 is 1.20 bits per heavy atom. The number of hydrogen-bond donors (Lipinski definition) is 2. The number of benzene rings is 1. The third-order valence-corrected chi connectivity index (χ3v) is 4.76. The molecule has 0 saturated heterocycles. The van der Waals surface area contributed by atoms with Crippen LogP contribution < -0.4 is 10.1 Å². The van der Waals surface area contributed by atoms with Gasteiger partial charge in [-0.1, -0.05) is 29.6 Å². The van der Waals surface area contributed by atoms with E-state index in [1.54, 1.807) is 19.2 Å². The number of aliphatic carboxylic acids is 1. The number of carboxylic acids is 1. The average Bonchev–Trinajstić information content (AvgIpc) is 2.57. The van der Waals surface area contributed by atoms with Crippen LogP contribution in [-0.2, 0) is 14.3 Å². The van der Waals surface area contributed by atoms with E-state index < -0.39 is 11.9 Å². The Morgan fingerprint density at radius 2 is 1.84 bits per heavy atom. The van der Waals surface area contributed by atoms with Crippen LogP contribution >= 0.6 is 23.2 Å². The van der Waals surface area contributed by atoms with Gasteiger partial charge in [-0.3, -0.25) is 9.59 Å². The number of methoxy groups -OCH3 is 1. The van der Waals surface area contributed by atoms with Gasteiger partial charge in [0, 0.05) is 18.7 Å². The molecular weight excluding hydrogens is 369 g/mol. The molecule has 25 heavy (non-hydrogen) atoms. The minimum absolute atomic E-state index is 0.217. The molecule has 0 spiro atoms. The van der Waals surface area contributed by atoms with Crippen molar-refractivity contribution in [1.82, 2.24) is 0 Å². The zero-order chi connectivity index (χ0) is 18.4. The summed E-state index contributed by atoms with van der Waals surface area (Å²) in [5.74, 6) is -1.52. The summed E-state index contributed by atoms with van der Waals surface area (Å²) < 4.78 is 10.4. The van der Waals surface area contributed by atoms with Crippen LogP contribution in [-0.4, -0.2) is 37.3 Å². The van der Waals surface area contributed by atoms with Crippen molar-refractivity contribution in [2.45, 2.75) is 25.7 Å². The van der Waals surface area contributed by atoms with Crippen LogP contribution in [0.4, 0.5) is 5.69 Å². The molecule has 1 saturated carbocycles. The first-order chi connectivity index (χ1) is 11.9. The van der Waals surface area contributed by atoms with E-state index in [9.17, 15) is 9.59 Å². The first-order valence-electron chi connectivity index (χ1n) is 8.06. The van der Waals surface area contributed by atoms with Gasteiger partial charge in [0.2, 0.25) is 5.91 Å². The van der Waals surface area contributed by atoms with Gasteiger partial charge < -0.3 is 19.9 Å². The highest BCUT2D eigenvalue weighted by Gasteiger charge is 2.31. The second kappa shape index (κ2) is 9.27. The Kier molecular flexibility index (Phi) is 7.35. The minimum atomic E-state index is -0.846. The molecule has 1 aromatic carbocycles. The molecule has 1 amide bonds. The van der Waals surface area contributed by atoms with E-state index >= 15 is 0 Å². The largest absolute Gasteiger partial charge is 0.488 e. The van der Waals surface area contributed by atoms with Crippen LogP contribution in [0, 0.1) is 11.8 Å². The molecule has 0 heterocycles. The summed E-state index contributed by atoms with van der Waals surface area (Å²) in [6.45, 7) is 0.706. The van der Waals surface area contributed by atoms with E-state index in [2.05, 4.69) is 5.32 Å². The summed E-state index contributed by atoms with van der Waals surface area (Å²) in [6, 6.07) is 3.12. The monoisotopic (exact) mass is 389 g/mol. The molecular formula is C17H21Cl2NO5. The van der Waals surface area contributed by atoms with Gasteiger partial charge in [-0.25, -0.2) is 0 Å². The normalized spacial score (nSPS) is 20.1. The number of nitrogens with one attached hydrogen (secondary N) is 1. The van der Waals surface area contributed by atoms with Crippen LogP contribution in [0.15, 0.2) is 12.1 Å². The zero-order valence-corrected chi connectivity index (χ0v) is 15.4. The van der Waals surface area contributed by atoms with Gasteiger partial charge in [0.1, 0.15) is 6.61 Å². The third kappa shape index (κ3) is 5.49. The quantitative estimate of drug-likeness (QED) is 0.691. The molecule has 2 rings (SSSR count). The summed E-state index contributed by atoms with van der Waals surface area (Å²) in [6.07, 6.45) is 2.36. The molecule has 6 nitrogen and oxygen atoms in total. The fraction of sp³-hybridized carbons (Fsp3) is 0.529. The number of carbonyl (C=O) groups is 2. The molecule has 2 unspecified atom stereocenters. The van der Waals surface area contributed by atoms with Crippen molar-refractivity contribution >= 4 is 40.8 Å². The highest BCUT2D eigenvalue weighted by molar-refractivity contribution is 6.37. The zero-order valence-electron chi connectivity index (χ0n) is 13.9. The Morgan fingerprint density at radius 3 is 2.44 bits per heavy atom. The number of halogens is 2. The van der Waals surface area contributed by atoms with E-state index in [4.69, 9.17) is 37.8 Å². The molecule has 2 N–H and O–H groups in total. The minimum Gasteiger partial charge on any atom is -0.488 e. The molecule has 1 aliphatic carbocycles. The maximum Gasteiger partial charge on any atom is 0.306 e. The molecule has 0 aromatic heterocycles. The highest BCUT2D eigenvalue weighted by atomic mass is 35.5. The second-order valence-corrected chi connectivity index (χ2v) is 6.81. The predicted molar refractivity (Wildman–Crippen MR) is 95.5 cm³/mol. The van der Waals surface area contributed by atoms with Gasteiger partial charge in [0.15, 0.2) is 5.75 Å². The number of anilines is 1. The Labute approximate surface area is 156 Å². The standard InChI is InChI=1S/C17H21Cl2NO5/c1-24-5-6-25-15-13(18)8-12(9-14(15)19)20-16(21)10-3-2-4-11(7-10)17(22)23/h8-11H,2-7H2,1H3,(H,20,21)(H,22,23). The van der Waals surface area contributed by atoms with E-state index in [-0.39, 0.29) is 21.9 Å². The van der Waals surface area contributed by atoms with Crippen LogP contribution in [0.3, 0.4) is 0 Å². The van der Waals surface area contributed by atoms with Crippen molar-refractivity contribution in [3.63, 3.8) is 0 Å². The van der Waals surface area contributed by atoms with Crippen molar-refractivity contribution in [3.8, 4) is 5.75 Å². The molecule has 1 aliphatic rings. The van der Waals surface area contributed by atoms with Crippen LogP contribution in [0.25, 0.3) is 0 Å². The Bertz CT molecular complexity index is 614. The van der Waals surface area contributed by atoms with Gasteiger partial charge in [-0.05, 0) is 31.4 Å². The van der Waals surface area contributed by atoms with Gasteiger partial charge in [-0.15, -0.1) is 0 Å². The topological polar surface area (TPSA) is 84.9 Å². The number of carbonyl (C=O) groups excluding carboxylic acids is 1. The Balaban J connectivity index is 2.02. The number of ether oxygens (including phenoxy) is 2. The van der Waals surface area contributed by atoms with Gasteiger partial charge in [0.05, 0.1) is 22.6 Å². The highest BCUT2D eigenvalue weighted by Crippen LogP contribution is 2.37. The maximum atomic E-state index is 12.4. The number of rotatable bonds is 7. The first kappa shape index (κ1) is 19.8. The molecule has 1 fully saturated rings. The smallest absolute Gasteiger partial charge is 0.306 e. The SMILES string of the molecule is COCCOc1c(Cl)cc(NC(=O)C2CCCC(C(=O)O)C2)cc1Cl. The average molecular weight is 390 g/mol. The third-order valence-electron chi connectivity index (χ3n) is 4.19. The molecule has 0 bridgehead atoms. The van der Waals surface area contributed by atoms with Crippen molar-refractivity contribution in [2.75, 3.05) is 25.6 Å². The summed E-state index contributed by atoms with van der Waals surface area (Å²) >= 11 is 12.3. The van der Waals surface area contributed by atoms with Crippen molar-refractivity contribution in [2.24, 2.45) is 11.8 Å². The lowest BCUT2D eigenvalue weighted by atomic mass is 9.81. The fourth-order valence-corrected chi connectivity index (χ4v) is 3.49. The molecule has 0 aliphatic heterocycles. The second-order valence-electron chi connectivity index (χ2n) is 6.00. The molecule has 138 valence electrons. The lowest BCUT2D eigenvalue weighted by Gasteiger charge is -2.25. The molecule has 2 atom stereocenters. The number of carboxylic acid groups (broad SMARTS) is 1. The Hall–Kier alpha value is -1.50. The maximum absolute atomic E-state index is 12.4. The summed E-state index contributed by atoms with van der Waals surface area (Å²) in [7, 11) is 1.56. The van der Waals surface area contributed by atoms with Crippen LogP contribution in [0.1, 0.15) is 25.7 Å². The molecule has 8 heteroatoms. The first-order valence-corrected chi connectivity index (χ1v) is 8.82. The van der Waals surface area contributed by atoms with E-state index in [0.717, 1.165) is 6.42 Å². The van der Waals surface area contributed by atoms with Crippen molar-refractivity contribution < 1.29 is 24.2 Å². The predicted octanol–water partition coefficient (Wildman–Crippen LogP) is 3.85. The van der Waals surface area contributed by atoms with Crippen molar-refractivity contribution in [3.05, 3.63) is 22.2 Å². The van der Waals surface area contributed by atoms with Crippen molar-refractivity contribution in [1.29, 1.82) is 0 Å². The lowest BCUT2D eigenvalue weighted by Crippen LogP contribution is -2.30. The number of hydrogen-bond acceptors (Lipinski definition) is 4. The molecule has 0 radical (unpaired) electrons. The van der Waals surface area contributed by atoms with Crippen LogP contribution in [0.2, 0.25) is 10.0 Å². The fourth-order valence-electron chi connectivity index (χ4n) is 2.89. The summed E-state index contributed by atoms with van der Waals surface area (Å²) in [5.41, 5.74) is 0.455. The molecule has 1 aromatic rings. The van der Waals surface area contributed by atoms with Gasteiger partial charge in [-0.2, -0.15) is 0 Å². The van der Waals surface area contributed by atoms with Crippen LogP contribution in [0.5, 0.6) is 5.75 Å². The lowest BCUT2D eigenvalue weighted by molar-refractivity contribution is -0.143. The summed E-state index contributed by atoms with van der Waals surface area (Å²) in [5, 5.41) is 12.5. The summed E-state index contributed by atoms with van der Waals surface area (Å²) in [4.78, 5) is 23.5. The van der Waals surface area contributed by atoms with Gasteiger partial charge >= 0.3 is 5.97 Å². The number of amides is 1. The van der Waals surface area contributed by atoms with E-state index in [1.165, 1.54) is 0 Å².